The third kappa shape index (κ3) is 4.68. The second-order valence-electron chi connectivity index (χ2n) is 11.6. The fraction of sp³-hybridized carbons (Fsp3) is 0.778. The minimum atomic E-state index is -5.48. The lowest BCUT2D eigenvalue weighted by Gasteiger charge is -2.50. The molecule has 1 aliphatic heterocycles. The first-order valence-electron chi connectivity index (χ1n) is 12.8. The summed E-state index contributed by atoms with van der Waals surface area (Å²) in [5, 5.41) is 20.1. The fourth-order valence-electron chi connectivity index (χ4n) is 7.51. The van der Waals surface area contributed by atoms with Crippen molar-refractivity contribution < 1.29 is 41.3 Å². The van der Waals surface area contributed by atoms with E-state index >= 15 is 0 Å². The molecule has 0 radical (unpaired) electrons. The van der Waals surface area contributed by atoms with E-state index in [9.17, 15) is 36.6 Å². The standard InChI is InChI=1S/C27H36F6O3/c1-15(11-20-14-25(36-20,26(28,29)30)27(31,32)33)21-8-9-22-17(5-4-10-24(21,22)3)6-7-18-12-19(34)13-23(35)16(18)2/h6-7,15,19-23,34-35H,2,4-5,8-14H2,1,3H3/b17-6?,18-7+/t15-,19-,20+,21-,22+,23+,24-/m1/s1. The maximum absolute atomic E-state index is 13.2. The van der Waals surface area contributed by atoms with Crippen LogP contribution in [0.3, 0.4) is 0 Å². The van der Waals surface area contributed by atoms with Crippen LogP contribution in [-0.4, -0.2) is 46.5 Å². The number of fused-ring (bicyclic) bond motifs is 1. The van der Waals surface area contributed by atoms with Gasteiger partial charge in [0.2, 0.25) is 0 Å². The van der Waals surface area contributed by atoms with Crippen LogP contribution in [0.2, 0.25) is 0 Å². The van der Waals surface area contributed by atoms with Gasteiger partial charge in [-0.1, -0.05) is 38.2 Å². The average molecular weight is 523 g/mol. The molecule has 3 aliphatic carbocycles. The molecule has 204 valence electrons. The third-order valence-electron chi connectivity index (χ3n) is 9.42. The molecule has 0 bridgehead atoms. The summed E-state index contributed by atoms with van der Waals surface area (Å²) in [6, 6.07) is 0. The highest BCUT2D eigenvalue weighted by atomic mass is 19.4. The molecule has 36 heavy (non-hydrogen) atoms. The molecule has 1 heterocycles. The molecule has 2 N–H and O–H groups in total. The van der Waals surface area contributed by atoms with Gasteiger partial charge >= 0.3 is 12.4 Å². The van der Waals surface area contributed by atoms with Crippen molar-refractivity contribution in [1.29, 1.82) is 0 Å². The fourth-order valence-corrected chi connectivity index (χ4v) is 7.51. The molecule has 3 saturated carbocycles. The average Bonchev–Trinajstić information content (AvgIpc) is 3.07. The Morgan fingerprint density at radius 2 is 1.75 bits per heavy atom. The Balaban J connectivity index is 1.44. The van der Waals surface area contributed by atoms with Gasteiger partial charge < -0.3 is 14.9 Å². The molecule has 9 heteroatoms. The van der Waals surface area contributed by atoms with Crippen molar-refractivity contribution in [2.24, 2.45) is 23.2 Å². The Labute approximate surface area is 208 Å². The van der Waals surface area contributed by atoms with Crippen molar-refractivity contribution in [1.82, 2.24) is 0 Å². The van der Waals surface area contributed by atoms with E-state index in [2.05, 4.69) is 24.3 Å². The highest BCUT2D eigenvalue weighted by Gasteiger charge is 2.77. The highest BCUT2D eigenvalue weighted by Crippen LogP contribution is 2.61. The van der Waals surface area contributed by atoms with Gasteiger partial charge in [-0.25, -0.2) is 0 Å². The van der Waals surface area contributed by atoms with Crippen LogP contribution in [0.4, 0.5) is 26.3 Å². The molecular weight excluding hydrogens is 486 g/mol. The molecule has 3 nitrogen and oxygen atoms in total. The van der Waals surface area contributed by atoms with E-state index in [4.69, 9.17) is 0 Å². The molecule has 0 aromatic carbocycles. The first kappa shape index (κ1) is 27.7. The lowest BCUT2D eigenvalue weighted by atomic mass is 9.60. The monoisotopic (exact) mass is 522 g/mol. The molecule has 1 saturated heterocycles. The Kier molecular flexibility index (Phi) is 7.28. The molecule has 0 aromatic heterocycles. The SMILES string of the molecule is C=C1/C(=C/C=C2CCC[C@]3(C)[C@@H]([C@H](C)C[C@H]4CC(C(F)(F)F)(C(F)(F)F)O4)CC[C@@H]23)C[C@@H](O)C[C@@H]1O. The van der Waals surface area contributed by atoms with Crippen LogP contribution in [-0.2, 0) is 4.74 Å². The number of ether oxygens (including phenoxy) is 1. The van der Waals surface area contributed by atoms with Crippen LogP contribution in [0.25, 0.3) is 0 Å². The Bertz CT molecular complexity index is 897. The molecule has 7 atom stereocenters. The Hall–Kier alpha value is -1.32. The van der Waals surface area contributed by atoms with Crippen LogP contribution < -0.4 is 0 Å². The zero-order valence-electron chi connectivity index (χ0n) is 20.8. The van der Waals surface area contributed by atoms with Crippen molar-refractivity contribution in [3.05, 3.63) is 35.5 Å². The number of rotatable bonds is 4. The van der Waals surface area contributed by atoms with E-state index in [0.29, 0.717) is 12.0 Å². The Morgan fingerprint density at radius 1 is 1.11 bits per heavy atom. The van der Waals surface area contributed by atoms with E-state index in [1.807, 2.05) is 13.0 Å². The second kappa shape index (κ2) is 9.45. The minimum Gasteiger partial charge on any atom is -0.393 e. The van der Waals surface area contributed by atoms with Crippen LogP contribution in [0, 0.1) is 23.2 Å². The first-order valence-corrected chi connectivity index (χ1v) is 12.8. The smallest absolute Gasteiger partial charge is 0.393 e. The van der Waals surface area contributed by atoms with Gasteiger partial charge in [0.15, 0.2) is 0 Å². The van der Waals surface area contributed by atoms with Gasteiger partial charge in [0, 0.05) is 12.8 Å². The van der Waals surface area contributed by atoms with E-state index in [1.165, 1.54) is 5.57 Å². The van der Waals surface area contributed by atoms with Gasteiger partial charge in [-0.2, -0.15) is 26.3 Å². The molecule has 0 aromatic rings. The summed E-state index contributed by atoms with van der Waals surface area (Å²) in [6.07, 6.45) is -4.87. The summed E-state index contributed by atoms with van der Waals surface area (Å²) in [7, 11) is 0. The zero-order chi connectivity index (χ0) is 26.7. The summed E-state index contributed by atoms with van der Waals surface area (Å²) in [5.41, 5.74) is -1.38. The predicted octanol–water partition coefficient (Wildman–Crippen LogP) is 6.81. The Morgan fingerprint density at radius 3 is 2.36 bits per heavy atom. The molecule has 4 rings (SSSR count). The number of aliphatic hydroxyl groups excluding tert-OH is 2. The van der Waals surface area contributed by atoms with Crippen LogP contribution in [0.15, 0.2) is 35.5 Å². The summed E-state index contributed by atoms with van der Waals surface area (Å²) in [6.45, 7) is 8.09. The molecule has 0 unspecified atom stereocenters. The van der Waals surface area contributed by atoms with Crippen molar-refractivity contribution >= 4 is 0 Å². The van der Waals surface area contributed by atoms with E-state index in [-0.39, 0.29) is 36.0 Å². The quantitative estimate of drug-likeness (QED) is 0.399. The first-order chi connectivity index (χ1) is 16.6. The van der Waals surface area contributed by atoms with E-state index < -0.39 is 42.7 Å². The summed E-state index contributed by atoms with van der Waals surface area (Å²) < 4.78 is 83.6. The van der Waals surface area contributed by atoms with Gasteiger partial charge in [-0.05, 0) is 79.3 Å². The van der Waals surface area contributed by atoms with E-state index in [1.54, 1.807) is 0 Å². The third-order valence-corrected chi connectivity index (χ3v) is 9.42. The van der Waals surface area contributed by atoms with Gasteiger partial charge in [0.05, 0.1) is 18.3 Å². The zero-order valence-corrected chi connectivity index (χ0v) is 20.8. The van der Waals surface area contributed by atoms with Crippen molar-refractivity contribution in [2.45, 2.75) is 108 Å². The molecule has 4 fully saturated rings. The highest BCUT2D eigenvalue weighted by molar-refractivity contribution is 5.38. The summed E-state index contributed by atoms with van der Waals surface area (Å²) in [4.78, 5) is 0. The second-order valence-corrected chi connectivity index (χ2v) is 11.6. The van der Waals surface area contributed by atoms with Crippen LogP contribution >= 0.6 is 0 Å². The lowest BCUT2D eigenvalue weighted by Crippen LogP contribution is -2.68. The molecule has 0 spiro atoms. The number of hydrogen-bond acceptors (Lipinski definition) is 3. The summed E-state index contributed by atoms with van der Waals surface area (Å²) in [5.74, 6) is 0.405. The van der Waals surface area contributed by atoms with Crippen LogP contribution in [0.5, 0.6) is 0 Å². The minimum absolute atomic E-state index is 0.0643. The number of halogens is 6. The van der Waals surface area contributed by atoms with E-state index in [0.717, 1.165) is 37.7 Å². The largest absolute Gasteiger partial charge is 0.426 e. The van der Waals surface area contributed by atoms with Gasteiger partial charge in [-0.3, -0.25) is 0 Å². The van der Waals surface area contributed by atoms with Crippen LogP contribution in [0.1, 0.15) is 71.6 Å². The molecule has 4 aliphatic rings. The normalized spacial score (nSPS) is 40.3. The maximum atomic E-state index is 13.2. The van der Waals surface area contributed by atoms with Gasteiger partial charge in [0.1, 0.15) is 0 Å². The number of hydrogen-bond donors (Lipinski definition) is 2. The van der Waals surface area contributed by atoms with Gasteiger partial charge in [0.25, 0.3) is 5.60 Å². The van der Waals surface area contributed by atoms with Crippen molar-refractivity contribution in [3.63, 3.8) is 0 Å². The lowest BCUT2D eigenvalue weighted by molar-refractivity contribution is -0.440. The van der Waals surface area contributed by atoms with Crippen molar-refractivity contribution in [3.8, 4) is 0 Å². The van der Waals surface area contributed by atoms with Crippen molar-refractivity contribution in [2.75, 3.05) is 0 Å². The van der Waals surface area contributed by atoms with Gasteiger partial charge in [-0.15, -0.1) is 0 Å². The summed E-state index contributed by atoms with van der Waals surface area (Å²) >= 11 is 0. The predicted molar refractivity (Wildman–Crippen MR) is 123 cm³/mol. The number of aliphatic hydroxyl groups is 2. The maximum Gasteiger partial charge on any atom is 0.426 e. The number of allylic oxidation sites excluding steroid dienone is 3. The topological polar surface area (TPSA) is 49.7 Å². The number of alkyl halides is 6. The molecular formula is C27H36F6O3. The molecule has 0 amide bonds.